The van der Waals surface area contributed by atoms with Crippen LogP contribution in [0.3, 0.4) is 0 Å². The summed E-state index contributed by atoms with van der Waals surface area (Å²) in [5.41, 5.74) is -3.12. The maximum atomic E-state index is 13.0. The van der Waals surface area contributed by atoms with Crippen molar-refractivity contribution in [1.29, 1.82) is 0 Å². The summed E-state index contributed by atoms with van der Waals surface area (Å²) in [5, 5.41) is 12.0. The molecule has 0 fully saturated rings. The molecule has 2 heterocycles. The molecule has 0 aromatic carbocycles. The largest absolute Gasteiger partial charge is 0.480 e. The maximum absolute atomic E-state index is 13.0. The third kappa shape index (κ3) is 1.85. The van der Waals surface area contributed by atoms with Gasteiger partial charge in [0.2, 0.25) is 5.88 Å². The van der Waals surface area contributed by atoms with Crippen LogP contribution >= 0.6 is 15.9 Å². The second kappa shape index (κ2) is 4.26. The van der Waals surface area contributed by atoms with Crippen molar-refractivity contribution in [1.82, 2.24) is 4.98 Å². The summed E-state index contributed by atoms with van der Waals surface area (Å²) in [4.78, 5) is 3.73. The smallest absolute Gasteiger partial charge is 0.442 e. The molecule has 1 aliphatic rings. The highest BCUT2D eigenvalue weighted by Gasteiger charge is 2.60. The molecular formula is C8H5BrF3N5O. The lowest BCUT2D eigenvalue weighted by molar-refractivity contribution is -0.187. The molecular weight excluding hydrogens is 319 g/mol. The molecule has 6 nitrogen and oxygen atoms in total. The van der Waals surface area contributed by atoms with Crippen molar-refractivity contribution in [2.45, 2.75) is 11.8 Å². The van der Waals surface area contributed by atoms with Crippen molar-refractivity contribution >= 4 is 15.9 Å². The Bertz CT molecular complexity index is 518. The number of ether oxygens (including phenoxy) is 1. The molecule has 96 valence electrons. The van der Waals surface area contributed by atoms with Gasteiger partial charge in [-0.1, -0.05) is 0 Å². The molecule has 0 spiro atoms. The lowest BCUT2D eigenvalue weighted by atomic mass is 10.0. The van der Waals surface area contributed by atoms with Gasteiger partial charge in [0.05, 0.1) is 11.6 Å². The van der Waals surface area contributed by atoms with Crippen LogP contribution in [0.5, 0.6) is 5.88 Å². The fraction of sp³-hybridized carbons (Fsp3) is 0.375. The number of alkyl halides is 3. The van der Waals surface area contributed by atoms with Gasteiger partial charge in [-0.15, -0.1) is 10.2 Å². The summed E-state index contributed by atoms with van der Waals surface area (Å²) in [7, 11) is 1.35. The minimum atomic E-state index is -4.76. The number of pyridine rings is 1. The van der Waals surface area contributed by atoms with Crippen LogP contribution in [0.15, 0.2) is 37.4 Å². The molecule has 0 saturated carbocycles. The zero-order valence-electron chi connectivity index (χ0n) is 8.81. The highest BCUT2D eigenvalue weighted by Crippen LogP contribution is 2.47. The molecule has 0 unspecified atom stereocenters. The van der Waals surface area contributed by atoms with Crippen LogP contribution < -0.4 is 4.74 Å². The Morgan fingerprint density at radius 1 is 1.28 bits per heavy atom. The van der Waals surface area contributed by atoms with E-state index in [9.17, 15) is 13.2 Å². The van der Waals surface area contributed by atoms with E-state index in [1.54, 1.807) is 0 Å². The summed E-state index contributed by atoms with van der Waals surface area (Å²) in [6.07, 6.45) is -3.79. The topological polar surface area (TPSA) is 71.6 Å². The third-order valence-corrected chi connectivity index (χ3v) is 2.79. The van der Waals surface area contributed by atoms with E-state index in [1.165, 1.54) is 13.2 Å². The van der Waals surface area contributed by atoms with Crippen LogP contribution in [-0.4, -0.2) is 18.3 Å². The van der Waals surface area contributed by atoms with E-state index in [1.807, 2.05) is 0 Å². The Labute approximate surface area is 107 Å². The summed E-state index contributed by atoms with van der Waals surface area (Å²) in [6.45, 7) is 0. The predicted molar refractivity (Wildman–Crippen MR) is 55.9 cm³/mol. The minimum absolute atomic E-state index is 0.156. The van der Waals surface area contributed by atoms with Gasteiger partial charge in [-0.3, -0.25) is 0 Å². The molecule has 1 aliphatic heterocycles. The molecule has 1 aromatic heterocycles. The van der Waals surface area contributed by atoms with Gasteiger partial charge in [-0.05, 0) is 32.4 Å². The fourth-order valence-electron chi connectivity index (χ4n) is 1.35. The van der Waals surface area contributed by atoms with Crippen molar-refractivity contribution in [2.24, 2.45) is 20.7 Å². The average Bonchev–Trinajstić information content (AvgIpc) is 2.78. The molecule has 0 aliphatic carbocycles. The van der Waals surface area contributed by atoms with Gasteiger partial charge in [0, 0.05) is 11.8 Å². The molecule has 1 aromatic rings. The van der Waals surface area contributed by atoms with Crippen LogP contribution in [0, 0.1) is 0 Å². The molecule has 18 heavy (non-hydrogen) atoms. The van der Waals surface area contributed by atoms with E-state index in [-0.39, 0.29) is 15.9 Å². The van der Waals surface area contributed by atoms with E-state index >= 15 is 0 Å². The SMILES string of the molecule is COc1ncc(C2(C(F)(F)F)N=NN=N2)cc1Br. The van der Waals surface area contributed by atoms with Crippen molar-refractivity contribution < 1.29 is 17.9 Å². The Morgan fingerprint density at radius 2 is 1.89 bits per heavy atom. The zero-order chi connectivity index (χ0) is 13.4. The number of nitrogens with zero attached hydrogens (tertiary/aromatic N) is 5. The quantitative estimate of drug-likeness (QED) is 0.836. The summed E-state index contributed by atoms with van der Waals surface area (Å²) < 4.78 is 44.2. The van der Waals surface area contributed by atoms with Gasteiger partial charge >= 0.3 is 11.8 Å². The third-order valence-electron chi connectivity index (χ3n) is 2.22. The molecule has 10 heteroatoms. The van der Waals surface area contributed by atoms with Gasteiger partial charge < -0.3 is 4.74 Å². The van der Waals surface area contributed by atoms with E-state index in [0.717, 1.165) is 6.20 Å². The van der Waals surface area contributed by atoms with Gasteiger partial charge in [0.25, 0.3) is 0 Å². The van der Waals surface area contributed by atoms with Crippen LogP contribution in [-0.2, 0) is 5.66 Å². The average molecular weight is 324 g/mol. The highest BCUT2D eigenvalue weighted by molar-refractivity contribution is 9.10. The molecule has 0 amide bonds. The number of rotatable bonds is 2. The summed E-state index contributed by atoms with van der Waals surface area (Å²) in [5.74, 6) is 0.156. The highest BCUT2D eigenvalue weighted by atomic mass is 79.9. The van der Waals surface area contributed by atoms with Crippen LogP contribution in [0.1, 0.15) is 5.56 Å². The van der Waals surface area contributed by atoms with E-state index < -0.39 is 11.8 Å². The number of halogens is 4. The van der Waals surface area contributed by atoms with Crippen molar-refractivity contribution in [2.75, 3.05) is 7.11 Å². The van der Waals surface area contributed by atoms with Crippen molar-refractivity contribution in [3.8, 4) is 5.88 Å². The molecule has 0 atom stereocenters. The molecule has 0 saturated heterocycles. The molecule has 0 N–H and O–H groups in total. The molecule has 2 rings (SSSR count). The second-order valence-corrected chi connectivity index (χ2v) is 4.12. The predicted octanol–water partition coefficient (Wildman–Crippen LogP) is 3.40. The van der Waals surface area contributed by atoms with Gasteiger partial charge in [0.15, 0.2) is 0 Å². The normalized spacial score (nSPS) is 17.2. The van der Waals surface area contributed by atoms with E-state index in [4.69, 9.17) is 4.74 Å². The molecule has 0 bridgehead atoms. The van der Waals surface area contributed by atoms with Crippen molar-refractivity contribution in [3.63, 3.8) is 0 Å². The van der Waals surface area contributed by atoms with E-state index in [2.05, 4.69) is 41.6 Å². The number of hydrogen-bond acceptors (Lipinski definition) is 6. The second-order valence-electron chi connectivity index (χ2n) is 3.26. The summed E-state index contributed by atoms with van der Waals surface area (Å²) >= 11 is 3.05. The number of methoxy groups -OCH3 is 1. The minimum Gasteiger partial charge on any atom is -0.480 e. The van der Waals surface area contributed by atoms with Crippen LogP contribution in [0.4, 0.5) is 13.2 Å². The first-order chi connectivity index (χ1) is 8.40. The monoisotopic (exact) mass is 323 g/mol. The first-order valence-electron chi connectivity index (χ1n) is 4.51. The van der Waals surface area contributed by atoms with Crippen LogP contribution in [0.2, 0.25) is 0 Å². The Hall–Kier alpha value is -1.58. The van der Waals surface area contributed by atoms with Crippen LogP contribution in [0.25, 0.3) is 0 Å². The molecule has 0 radical (unpaired) electrons. The zero-order valence-corrected chi connectivity index (χ0v) is 10.4. The van der Waals surface area contributed by atoms with E-state index in [0.29, 0.717) is 0 Å². The summed E-state index contributed by atoms with van der Waals surface area (Å²) in [6, 6.07) is 1.17. The van der Waals surface area contributed by atoms with Gasteiger partial charge in [0.1, 0.15) is 0 Å². The number of aromatic nitrogens is 1. The lowest BCUT2D eigenvalue weighted by Crippen LogP contribution is -2.37. The Morgan fingerprint density at radius 3 is 2.33 bits per heavy atom. The fourth-order valence-corrected chi connectivity index (χ4v) is 1.86. The Kier molecular flexibility index (Phi) is 3.05. The van der Waals surface area contributed by atoms with Gasteiger partial charge in [-0.25, -0.2) is 4.98 Å². The van der Waals surface area contributed by atoms with Crippen molar-refractivity contribution in [3.05, 3.63) is 22.3 Å². The number of hydrogen-bond donors (Lipinski definition) is 0. The first kappa shape index (κ1) is 12.9. The first-order valence-corrected chi connectivity index (χ1v) is 5.31. The standard InChI is InChI=1S/C8H5BrF3N5O/c1-18-6-5(9)2-4(3-13-6)7(8(10,11)12)14-16-17-15-7/h2-3H,1H3. The lowest BCUT2D eigenvalue weighted by Gasteiger charge is -2.22. The van der Waals surface area contributed by atoms with Gasteiger partial charge in [-0.2, -0.15) is 13.2 Å². The maximum Gasteiger partial charge on any atom is 0.442 e. The Balaban J connectivity index is 2.55.